The van der Waals surface area contributed by atoms with E-state index in [1.54, 1.807) is 0 Å². The van der Waals surface area contributed by atoms with E-state index in [9.17, 15) is 0 Å². The van der Waals surface area contributed by atoms with Gasteiger partial charge in [0.15, 0.2) is 0 Å². The zero-order valence-corrected chi connectivity index (χ0v) is 8.43. The van der Waals surface area contributed by atoms with Crippen molar-refractivity contribution in [1.82, 2.24) is 9.78 Å². The second kappa shape index (κ2) is 4.00. The van der Waals surface area contributed by atoms with Crippen LogP contribution in [0.4, 0.5) is 5.69 Å². The molecule has 1 aromatic carbocycles. The standard InChI is InChI=1S/C12H13N3/c1-2-7-15-9-10(8-14-15)11-5-3-4-6-12(11)13/h2-6,8-9H,1,7,13H2. The van der Waals surface area contributed by atoms with Crippen LogP contribution in [-0.4, -0.2) is 9.78 Å². The SMILES string of the molecule is C=CCn1cc(-c2ccccc2N)cn1. The number of benzene rings is 1. The highest BCUT2D eigenvalue weighted by molar-refractivity contribution is 5.75. The van der Waals surface area contributed by atoms with Gasteiger partial charge in [-0.15, -0.1) is 6.58 Å². The molecule has 0 aliphatic rings. The summed E-state index contributed by atoms with van der Waals surface area (Å²) in [5, 5.41) is 4.21. The van der Waals surface area contributed by atoms with Crippen LogP contribution < -0.4 is 5.73 Å². The minimum absolute atomic E-state index is 0.715. The summed E-state index contributed by atoms with van der Waals surface area (Å²) >= 11 is 0. The Hall–Kier alpha value is -2.03. The van der Waals surface area contributed by atoms with E-state index in [-0.39, 0.29) is 0 Å². The van der Waals surface area contributed by atoms with Crippen molar-refractivity contribution >= 4 is 5.69 Å². The Morgan fingerprint density at radius 2 is 2.20 bits per heavy atom. The van der Waals surface area contributed by atoms with E-state index in [2.05, 4.69) is 11.7 Å². The molecule has 3 nitrogen and oxygen atoms in total. The van der Waals surface area contributed by atoms with Crippen LogP contribution in [0.5, 0.6) is 0 Å². The van der Waals surface area contributed by atoms with Crippen LogP contribution in [0.15, 0.2) is 49.3 Å². The van der Waals surface area contributed by atoms with Crippen LogP contribution in [0, 0.1) is 0 Å². The highest BCUT2D eigenvalue weighted by Gasteiger charge is 2.03. The third-order valence-corrected chi connectivity index (χ3v) is 2.22. The molecule has 1 aromatic heterocycles. The lowest BCUT2D eigenvalue weighted by molar-refractivity contribution is 0.703. The second-order valence-electron chi connectivity index (χ2n) is 3.33. The lowest BCUT2D eigenvalue weighted by Crippen LogP contribution is -1.93. The first-order valence-corrected chi connectivity index (χ1v) is 4.79. The number of anilines is 1. The molecular weight excluding hydrogens is 186 g/mol. The van der Waals surface area contributed by atoms with Gasteiger partial charge in [0.1, 0.15) is 0 Å². The molecule has 0 aliphatic heterocycles. The van der Waals surface area contributed by atoms with Gasteiger partial charge in [-0.2, -0.15) is 5.10 Å². The maximum absolute atomic E-state index is 5.88. The Bertz CT molecular complexity index is 471. The summed E-state index contributed by atoms with van der Waals surface area (Å²) in [6.45, 7) is 4.39. The Balaban J connectivity index is 2.37. The smallest absolute Gasteiger partial charge is 0.0587 e. The average molecular weight is 199 g/mol. The summed E-state index contributed by atoms with van der Waals surface area (Å²) in [5.41, 5.74) is 8.71. The molecular formula is C12H13N3. The quantitative estimate of drug-likeness (QED) is 0.609. The predicted molar refractivity (Wildman–Crippen MR) is 62.3 cm³/mol. The number of para-hydroxylation sites is 1. The molecule has 76 valence electrons. The van der Waals surface area contributed by atoms with Crippen LogP contribution in [0.2, 0.25) is 0 Å². The van der Waals surface area contributed by atoms with Gasteiger partial charge in [-0.1, -0.05) is 24.3 Å². The first kappa shape index (κ1) is 9.52. The molecule has 0 saturated carbocycles. The van der Waals surface area contributed by atoms with E-state index in [0.717, 1.165) is 16.8 Å². The number of aromatic nitrogens is 2. The molecule has 2 N–H and O–H groups in total. The predicted octanol–water partition coefficient (Wildman–Crippen LogP) is 2.32. The van der Waals surface area contributed by atoms with Gasteiger partial charge in [0.25, 0.3) is 0 Å². The molecule has 0 saturated heterocycles. The van der Waals surface area contributed by atoms with Crippen molar-refractivity contribution in [2.75, 3.05) is 5.73 Å². The van der Waals surface area contributed by atoms with Crippen molar-refractivity contribution in [2.45, 2.75) is 6.54 Å². The molecule has 0 fully saturated rings. The van der Waals surface area contributed by atoms with Crippen molar-refractivity contribution in [1.29, 1.82) is 0 Å². The zero-order valence-electron chi connectivity index (χ0n) is 8.43. The maximum atomic E-state index is 5.88. The molecule has 0 bridgehead atoms. The Labute approximate surface area is 88.8 Å². The fraction of sp³-hybridized carbons (Fsp3) is 0.0833. The van der Waals surface area contributed by atoms with Crippen molar-refractivity contribution in [3.63, 3.8) is 0 Å². The molecule has 0 aliphatic carbocycles. The number of rotatable bonds is 3. The molecule has 0 radical (unpaired) electrons. The second-order valence-corrected chi connectivity index (χ2v) is 3.33. The third-order valence-electron chi connectivity index (χ3n) is 2.22. The monoisotopic (exact) mass is 199 g/mol. The van der Waals surface area contributed by atoms with Crippen molar-refractivity contribution in [3.8, 4) is 11.1 Å². The molecule has 1 heterocycles. The van der Waals surface area contributed by atoms with Gasteiger partial charge >= 0.3 is 0 Å². The van der Waals surface area contributed by atoms with Crippen molar-refractivity contribution in [3.05, 3.63) is 49.3 Å². The van der Waals surface area contributed by atoms with E-state index in [4.69, 9.17) is 5.73 Å². The summed E-state index contributed by atoms with van der Waals surface area (Å²) < 4.78 is 1.83. The van der Waals surface area contributed by atoms with Gasteiger partial charge < -0.3 is 5.73 Å². The van der Waals surface area contributed by atoms with Gasteiger partial charge in [-0.05, 0) is 6.07 Å². The molecule has 0 amide bonds. The molecule has 3 heteroatoms. The van der Waals surface area contributed by atoms with Crippen molar-refractivity contribution < 1.29 is 0 Å². The number of nitrogens with zero attached hydrogens (tertiary/aromatic N) is 2. The van der Waals surface area contributed by atoms with Gasteiger partial charge in [-0.3, -0.25) is 4.68 Å². The minimum atomic E-state index is 0.715. The van der Waals surface area contributed by atoms with Gasteiger partial charge in [0.2, 0.25) is 0 Å². The third kappa shape index (κ3) is 1.91. The lowest BCUT2D eigenvalue weighted by atomic mass is 10.1. The molecule has 0 unspecified atom stereocenters. The van der Waals surface area contributed by atoms with Crippen LogP contribution in [-0.2, 0) is 6.54 Å². The van der Waals surface area contributed by atoms with Gasteiger partial charge in [-0.25, -0.2) is 0 Å². The van der Waals surface area contributed by atoms with Crippen molar-refractivity contribution in [2.24, 2.45) is 0 Å². The topological polar surface area (TPSA) is 43.8 Å². The van der Waals surface area contributed by atoms with Crippen LogP contribution in [0.3, 0.4) is 0 Å². The van der Waals surface area contributed by atoms with Crippen LogP contribution in [0.25, 0.3) is 11.1 Å². The number of nitrogen functional groups attached to an aromatic ring is 1. The average Bonchev–Trinajstić information content (AvgIpc) is 2.68. The Kier molecular flexibility index (Phi) is 2.54. The first-order chi connectivity index (χ1) is 7.31. The van der Waals surface area contributed by atoms with E-state index in [1.807, 2.05) is 47.4 Å². The largest absolute Gasteiger partial charge is 0.398 e. The minimum Gasteiger partial charge on any atom is -0.398 e. The normalized spacial score (nSPS) is 10.1. The molecule has 2 aromatic rings. The number of hydrogen-bond donors (Lipinski definition) is 1. The maximum Gasteiger partial charge on any atom is 0.0587 e. The highest BCUT2D eigenvalue weighted by atomic mass is 15.3. The fourth-order valence-corrected chi connectivity index (χ4v) is 1.49. The summed E-state index contributed by atoms with van der Waals surface area (Å²) in [4.78, 5) is 0. The Morgan fingerprint density at radius 1 is 1.40 bits per heavy atom. The number of hydrogen-bond acceptors (Lipinski definition) is 2. The molecule has 0 spiro atoms. The van der Waals surface area contributed by atoms with Crippen LogP contribution >= 0.6 is 0 Å². The number of allylic oxidation sites excluding steroid dienone is 1. The number of nitrogens with two attached hydrogens (primary N) is 1. The van der Waals surface area contributed by atoms with E-state index < -0.39 is 0 Å². The summed E-state index contributed by atoms with van der Waals surface area (Å²) in [6.07, 6.45) is 5.59. The summed E-state index contributed by atoms with van der Waals surface area (Å²) in [6, 6.07) is 7.77. The zero-order chi connectivity index (χ0) is 10.7. The van der Waals surface area contributed by atoms with Gasteiger partial charge in [0, 0.05) is 23.0 Å². The molecule has 0 atom stereocenters. The summed E-state index contributed by atoms with van der Waals surface area (Å²) in [7, 11) is 0. The molecule has 15 heavy (non-hydrogen) atoms. The summed E-state index contributed by atoms with van der Waals surface area (Å²) in [5.74, 6) is 0. The highest BCUT2D eigenvalue weighted by Crippen LogP contribution is 2.24. The van der Waals surface area contributed by atoms with Gasteiger partial charge in [0.05, 0.1) is 12.7 Å². The Morgan fingerprint density at radius 3 is 2.93 bits per heavy atom. The lowest BCUT2D eigenvalue weighted by Gasteiger charge is -2.00. The van der Waals surface area contributed by atoms with E-state index >= 15 is 0 Å². The molecule has 2 rings (SSSR count). The first-order valence-electron chi connectivity index (χ1n) is 4.79. The van der Waals surface area contributed by atoms with Crippen LogP contribution in [0.1, 0.15) is 0 Å². The fourth-order valence-electron chi connectivity index (χ4n) is 1.49. The van der Waals surface area contributed by atoms with E-state index in [0.29, 0.717) is 6.54 Å². The van der Waals surface area contributed by atoms with E-state index in [1.165, 1.54) is 0 Å².